The van der Waals surface area contributed by atoms with Crippen LogP contribution in [-0.4, -0.2) is 44.2 Å². The number of thiocarbonyl (C=S) groups is 1. The van der Waals surface area contributed by atoms with E-state index in [9.17, 15) is 4.79 Å². The van der Waals surface area contributed by atoms with E-state index in [2.05, 4.69) is 0 Å². The molecule has 5 rings (SSSR count). The second kappa shape index (κ2) is 8.78. The van der Waals surface area contributed by atoms with Gasteiger partial charge in [-0.05, 0) is 31.1 Å². The second-order valence-electron chi connectivity index (χ2n) is 7.51. The number of carbonyl (C=O) groups is 1. The molecule has 1 unspecified atom stereocenters. The Labute approximate surface area is 190 Å². The van der Waals surface area contributed by atoms with Crippen LogP contribution in [0.15, 0.2) is 71.8 Å². The van der Waals surface area contributed by atoms with E-state index in [-0.39, 0.29) is 12.0 Å². The maximum Gasteiger partial charge on any atom is 0.266 e. The molecular formula is C24H21N3O2S2. The minimum atomic E-state index is -0.0584. The van der Waals surface area contributed by atoms with Crippen molar-refractivity contribution in [3.63, 3.8) is 0 Å². The summed E-state index contributed by atoms with van der Waals surface area (Å²) in [5.74, 6) is -0.0584. The summed E-state index contributed by atoms with van der Waals surface area (Å²) in [5, 5.41) is 4.82. The fourth-order valence-electron chi connectivity index (χ4n) is 3.82. The van der Waals surface area contributed by atoms with Crippen LogP contribution in [-0.2, 0) is 9.53 Å². The number of benzene rings is 2. The topological polar surface area (TPSA) is 47.4 Å². The zero-order valence-electron chi connectivity index (χ0n) is 16.8. The highest BCUT2D eigenvalue weighted by Crippen LogP contribution is 2.35. The summed E-state index contributed by atoms with van der Waals surface area (Å²) in [5.41, 5.74) is 3.67. The first kappa shape index (κ1) is 20.2. The molecule has 2 aliphatic rings. The molecule has 0 radical (unpaired) electrons. The highest BCUT2D eigenvalue weighted by Gasteiger charge is 2.34. The number of hydrogen-bond acceptors (Lipinski definition) is 5. The molecule has 0 bridgehead atoms. The number of carbonyl (C=O) groups excluding carboxylic acids is 1. The minimum absolute atomic E-state index is 0.0584. The predicted molar refractivity (Wildman–Crippen MR) is 128 cm³/mol. The molecule has 31 heavy (non-hydrogen) atoms. The van der Waals surface area contributed by atoms with E-state index in [0.29, 0.717) is 15.8 Å². The van der Waals surface area contributed by atoms with Crippen molar-refractivity contribution in [1.29, 1.82) is 0 Å². The van der Waals surface area contributed by atoms with Crippen LogP contribution in [0.1, 0.15) is 18.4 Å². The van der Waals surface area contributed by atoms with Crippen molar-refractivity contribution in [3.8, 4) is 16.9 Å². The number of rotatable bonds is 5. The molecule has 2 fully saturated rings. The number of ether oxygens (including phenoxy) is 1. The molecule has 0 spiro atoms. The van der Waals surface area contributed by atoms with Gasteiger partial charge in [-0.25, -0.2) is 4.68 Å². The normalized spacial score (nSPS) is 20.2. The molecular weight excluding hydrogens is 426 g/mol. The van der Waals surface area contributed by atoms with Crippen LogP contribution in [0, 0.1) is 0 Å². The number of hydrogen-bond donors (Lipinski definition) is 0. The first-order valence-corrected chi connectivity index (χ1v) is 11.5. The molecule has 3 heterocycles. The van der Waals surface area contributed by atoms with Crippen molar-refractivity contribution >= 4 is 40.3 Å². The van der Waals surface area contributed by atoms with Crippen LogP contribution >= 0.6 is 24.0 Å². The van der Waals surface area contributed by atoms with Gasteiger partial charge in [-0.1, -0.05) is 72.5 Å². The Kier molecular flexibility index (Phi) is 5.72. The maximum atomic E-state index is 13.1. The van der Waals surface area contributed by atoms with E-state index < -0.39 is 0 Å². The molecule has 1 amide bonds. The molecule has 2 aliphatic heterocycles. The third-order valence-electron chi connectivity index (χ3n) is 5.38. The van der Waals surface area contributed by atoms with E-state index in [1.807, 2.05) is 77.6 Å². The van der Waals surface area contributed by atoms with E-state index in [4.69, 9.17) is 22.1 Å². The number of thioether (sulfide) groups is 1. The lowest BCUT2D eigenvalue weighted by Gasteiger charge is -2.18. The molecule has 2 aromatic carbocycles. The summed E-state index contributed by atoms with van der Waals surface area (Å²) in [6.07, 6.45) is 5.95. The molecule has 3 aromatic rings. The maximum absolute atomic E-state index is 13.1. The van der Waals surface area contributed by atoms with Gasteiger partial charge in [-0.2, -0.15) is 5.10 Å². The van der Waals surface area contributed by atoms with Gasteiger partial charge in [0, 0.05) is 23.9 Å². The van der Waals surface area contributed by atoms with Gasteiger partial charge in [-0.15, -0.1) is 0 Å². The lowest BCUT2D eigenvalue weighted by atomic mass is 10.1. The largest absolute Gasteiger partial charge is 0.376 e. The Hall–Kier alpha value is -2.74. The van der Waals surface area contributed by atoms with E-state index in [1.165, 1.54) is 11.8 Å². The van der Waals surface area contributed by atoms with Crippen LogP contribution in [0.2, 0.25) is 0 Å². The standard InChI is InChI=1S/C24H21N3O2S2/c28-23-21(31-24(30)26(23)16-20-12-7-13-29-20)14-18-15-27(19-10-5-2-6-11-19)25-22(18)17-8-3-1-4-9-17/h1-6,8-11,14-15,20H,7,12-13,16H2. The summed E-state index contributed by atoms with van der Waals surface area (Å²) in [7, 11) is 0. The zero-order valence-corrected chi connectivity index (χ0v) is 18.4. The monoisotopic (exact) mass is 447 g/mol. The van der Waals surface area contributed by atoms with Crippen molar-refractivity contribution in [3.05, 3.63) is 77.3 Å². The summed E-state index contributed by atoms with van der Waals surface area (Å²) >= 11 is 6.85. The van der Waals surface area contributed by atoms with Crippen LogP contribution in [0.4, 0.5) is 0 Å². The van der Waals surface area contributed by atoms with Gasteiger partial charge < -0.3 is 4.74 Å². The van der Waals surface area contributed by atoms with E-state index >= 15 is 0 Å². The Morgan fingerprint density at radius 3 is 2.58 bits per heavy atom. The van der Waals surface area contributed by atoms with E-state index in [1.54, 1.807) is 4.90 Å². The minimum Gasteiger partial charge on any atom is -0.376 e. The summed E-state index contributed by atoms with van der Waals surface area (Å²) in [6, 6.07) is 20.0. The van der Waals surface area contributed by atoms with Gasteiger partial charge in [0.05, 0.1) is 28.9 Å². The van der Waals surface area contributed by atoms with Crippen molar-refractivity contribution < 1.29 is 9.53 Å². The van der Waals surface area contributed by atoms with Gasteiger partial charge in [0.15, 0.2) is 0 Å². The molecule has 1 atom stereocenters. The Morgan fingerprint density at radius 1 is 1.13 bits per heavy atom. The number of nitrogens with zero attached hydrogens (tertiary/aromatic N) is 3. The van der Waals surface area contributed by atoms with Crippen molar-refractivity contribution in [2.24, 2.45) is 0 Å². The predicted octanol–water partition coefficient (Wildman–Crippen LogP) is 4.92. The Morgan fingerprint density at radius 2 is 1.87 bits per heavy atom. The quantitative estimate of drug-likeness (QED) is 0.410. The van der Waals surface area contributed by atoms with Crippen LogP contribution < -0.4 is 0 Å². The molecule has 156 valence electrons. The number of amides is 1. The SMILES string of the molecule is O=C1C(=Cc2cn(-c3ccccc3)nc2-c2ccccc2)SC(=S)N1CC1CCCO1. The molecule has 0 N–H and O–H groups in total. The van der Waals surface area contributed by atoms with E-state index in [0.717, 1.165) is 42.0 Å². The van der Waals surface area contributed by atoms with Gasteiger partial charge in [0.1, 0.15) is 4.32 Å². The van der Waals surface area contributed by atoms with Crippen molar-refractivity contribution in [2.45, 2.75) is 18.9 Å². The lowest BCUT2D eigenvalue weighted by Crippen LogP contribution is -2.35. The Balaban J connectivity index is 1.50. The molecule has 2 saturated heterocycles. The van der Waals surface area contributed by atoms with Crippen LogP contribution in [0.5, 0.6) is 0 Å². The van der Waals surface area contributed by atoms with Crippen molar-refractivity contribution in [1.82, 2.24) is 14.7 Å². The first-order chi connectivity index (χ1) is 15.2. The van der Waals surface area contributed by atoms with Crippen LogP contribution in [0.3, 0.4) is 0 Å². The lowest BCUT2D eigenvalue weighted by molar-refractivity contribution is -0.123. The first-order valence-electron chi connectivity index (χ1n) is 10.3. The fourth-order valence-corrected chi connectivity index (χ4v) is 5.08. The average Bonchev–Trinajstić information content (AvgIpc) is 3.53. The molecule has 1 aromatic heterocycles. The summed E-state index contributed by atoms with van der Waals surface area (Å²) in [4.78, 5) is 15.4. The molecule has 5 nitrogen and oxygen atoms in total. The van der Waals surface area contributed by atoms with Crippen molar-refractivity contribution in [2.75, 3.05) is 13.2 Å². The average molecular weight is 448 g/mol. The fraction of sp³-hybridized carbons (Fsp3) is 0.208. The summed E-state index contributed by atoms with van der Waals surface area (Å²) < 4.78 is 8.13. The molecule has 7 heteroatoms. The highest BCUT2D eigenvalue weighted by molar-refractivity contribution is 8.26. The number of aromatic nitrogens is 2. The smallest absolute Gasteiger partial charge is 0.266 e. The third kappa shape index (κ3) is 4.21. The van der Waals surface area contributed by atoms with Gasteiger partial charge in [0.25, 0.3) is 5.91 Å². The number of para-hydroxylation sites is 1. The second-order valence-corrected chi connectivity index (χ2v) is 9.18. The van der Waals surface area contributed by atoms with Gasteiger partial charge in [0.2, 0.25) is 0 Å². The summed E-state index contributed by atoms with van der Waals surface area (Å²) in [6.45, 7) is 1.28. The van der Waals surface area contributed by atoms with Crippen LogP contribution in [0.25, 0.3) is 23.0 Å². The van der Waals surface area contributed by atoms with Gasteiger partial charge >= 0.3 is 0 Å². The Bertz CT molecular complexity index is 1140. The molecule has 0 saturated carbocycles. The highest BCUT2D eigenvalue weighted by atomic mass is 32.2. The molecule has 0 aliphatic carbocycles. The zero-order chi connectivity index (χ0) is 21.2. The third-order valence-corrected chi connectivity index (χ3v) is 6.76. The van der Waals surface area contributed by atoms with Gasteiger partial charge in [-0.3, -0.25) is 9.69 Å².